The molecule has 2 rings (SSSR count). The van der Waals surface area contributed by atoms with Gasteiger partial charge in [0, 0.05) is 12.1 Å². The minimum atomic E-state index is -0.671. The Balaban J connectivity index is 1.89. The highest BCUT2D eigenvalue weighted by atomic mass is 16.7. The van der Waals surface area contributed by atoms with Crippen LogP contribution in [-0.4, -0.2) is 32.6 Å². The Morgan fingerprint density at radius 1 is 1.10 bits per heavy atom. The van der Waals surface area contributed by atoms with Crippen molar-refractivity contribution in [3.8, 4) is 23.3 Å². The van der Waals surface area contributed by atoms with Gasteiger partial charge in [-0.05, 0) is 31.2 Å². The van der Waals surface area contributed by atoms with Crippen molar-refractivity contribution in [2.75, 3.05) is 6.61 Å². The lowest BCUT2D eigenvalue weighted by Crippen LogP contribution is -2.28. The third-order valence-corrected chi connectivity index (χ3v) is 2.72. The van der Waals surface area contributed by atoms with Crippen molar-refractivity contribution < 1.29 is 29.7 Å². The second-order valence-electron chi connectivity index (χ2n) is 4.46. The van der Waals surface area contributed by atoms with Crippen molar-refractivity contribution in [1.82, 2.24) is 4.73 Å². The number of hydrogen-bond donors (Lipinski definition) is 3. The maximum Gasteiger partial charge on any atom is 0.339 e. The Morgan fingerprint density at radius 3 is 2.24 bits per heavy atom. The van der Waals surface area contributed by atoms with Crippen LogP contribution in [0.2, 0.25) is 0 Å². The molecule has 7 heteroatoms. The summed E-state index contributed by atoms with van der Waals surface area (Å²) in [6, 6.07) is 8.46. The molecular formula is C14H15NO6. The van der Waals surface area contributed by atoms with Crippen LogP contribution in [-0.2, 0) is 4.79 Å². The summed E-state index contributed by atoms with van der Waals surface area (Å²) in [7, 11) is 0. The lowest BCUT2D eigenvalue weighted by atomic mass is 10.2. The molecule has 1 heterocycles. The first-order valence-corrected chi connectivity index (χ1v) is 6.21. The van der Waals surface area contributed by atoms with Crippen molar-refractivity contribution in [3.63, 3.8) is 0 Å². The molecule has 1 aromatic carbocycles. The van der Waals surface area contributed by atoms with Gasteiger partial charge in [-0.25, -0.2) is 4.79 Å². The summed E-state index contributed by atoms with van der Waals surface area (Å²) < 4.78 is 6.00. The SMILES string of the molecule is CC(COc1ccc(O)cc1)C(=O)On1c(O)ccc1O. The second kappa shape index (κ2) is 6.08. The summed E-state index contributed by atoms with van der Waals surface area (Å²) in [6.45, 7) is 1.63. The molecule has 7 nitrogen and oxygen atoms in total. The number of aromatic nitrogens is 1. The molecule has 0 spiro atoms. The largest absolute Gasteiger partial charge is 0.508 e. The molecule has 0 saturated heterocycles. The van der Waals surface area contributed by atoms with E-state index in [9.17, 15) is 15.0 Å². The van der Waals surface area contributed by atoms with E-state index in [2.05, 4.69) is 0 Å². The molecule has 0 saturated carbocycles. The standard InChI is InChI=1S/C14H15NO6/c1-9(8-20-11-4-2-10(16)3-5-11)14(19)21-15-12(17)6-7-13(15)18/h2-7,9,16-18H,8H2,1H3. The molecule has 0 amide bonds. The van der Waals surface area contributed by atoms with Crippen LogP contribution in [0.1, 0.15) is 6.92 Å². The predicted octanol–water partition coefficient (Wildman–Crippen LogP) is 1.28. The van der Waals surface area contributed by atoms with Crippen molar-refractivity contribution in [2.45, 2.75) is 6.92 Å². The Labute approximate surface area is 120 Å². The topological polar surface area (TPSA) is 101 Å². The van der Waals surface area contributed by atoms with E-state index < -0.39 is 11.9 Å². The van der Waals surface area contributed by atoms with Gasteiger partial charge in [-0.2, -0.15) is 0 Å². The van der Waals surface area contributed by atoms with Gasteiger partial charge >= 0.3 is 5.97 Å². The Bertz CT molecular complexity index is 599. The van der Waals surface area contributed by atoms with E-state index >= 15 is 0 Å². The highest BCUT2D eigenvalue weighted by molar-refractivity contribution is 5.72. The van der Waals surface area contributed by atoms with Crippen LogP contribution in [0.5, 0.6) is 23.3 Å². The number of phenols is 1. The number of phenolic OH excluding ortho intramolecular Hbond substituents is 1. The Hall–Kier alpha value is -2.83. The highest BCUT2D eigenvalue weighted by Crippen LogP contribution is 2.20. The molecule has 2 aromatic rings. The fourth-order valence-electron chi connectivity index (χ4n) is 1.51. The van der Waals surface area contributed by atoms with E-state index in [1.807, 2.05) is 0 Å². The van der Waals surface area contributed by atoms with Crippen LogP contribution < -0.4 is 9.57 Å². The predicted molar refractivity (Wildman–Crippen MR) is 72.1 cm³/mol. The second-order valence-corrected chi connectivity index (χ2v) is 4.46. The summed E-state index contributed by atoms with van der Waals surface area (Å²) in [4.78, 5) is 16.6. The Kier molecular flexibility index (Phi) is 4.22. The molecular weight excluding hydrogens is 278 g/mol. The zero-order valence-corrected chi connectivity index (χ0v) is 11.3. The number of ether oxygens (including phenoxy) is 1. The van der Waals surface area contributed by atoms with Gasteiger partial charge in [0.05, 0.1) is 5.92 Å². The molecule has 0 radical (unpaired) electrons. The quantitative estimate of drug-likeness (QED) is 0.767. The minimum Gasteiger partial charge on any atom is -0.508 e. The van der Waals surface area contributed by atoms with E-state index in [-0.39, 0.29) is 24.1 Å². The van der Waals surface area contributed by atoms with Crippen LogP contribution in [0.4, 0.5) is 0 Å². The molecule has 0 fully saturated rings. The third-order valence-electron chi connectivity index (χ3n) is 2.72. The molecule has 0 aliphatic rings. The van der Waals surface area contributed by atoms with Crippen LogP contribution in [0, 0.1) is 5.92 Å². The first-order valence-electron chi connectivity index (χ1n) is 6.21. The van der Waals surface area contributed by atoms with E-state index in [1.165, 1.54) is 24.3 Å². The molecule has 21 heavy (non-hydrogen) atoms. The van der Waals surface area contributed by atoms with Crippen molar-refractivity contribution >= 4 is 5.97 Å². The molecule has 1 unspecified atom stereocenters. The van der Waals surface area contributed by atoms with Gasteiger partial charge < -0.3 is 24.9 Å². The van der Waals surface area contributed by atoms with Gasteiger partial charge in [-0.15, -0.1) is 4.73 Å². The first-order chi connectivity index (χ1) is 9.97. The smallest absolute Gasteiger partial charge is 0.339 e. The van der Waals surface area contributed by atoms with E-state index in [4.69, 9.17) is 14.7 Å². The lowest BCUT2D eigenvalue weighted by molar-refractivity contribution is -0.150. The van der Waals surface area contributed by atoms with Gasteiger partial charge in [0.15, 0.2) is 0 Å². The molecule has 3 N–H and O–H groups in total. The Morgan fingerprint density at radius 2 is 1.67 bits per heavy atom. The fraction of sp³-hybridized carbons (Fsp3) is 0.214. The van der Waals surface area contributed by atoms with Gasteiger partial charge in [0.2, 0.25) is 11.8 Å². The van der Waals surface area contributed by atoms with Crippen molar-refractivity contribution in [3.05, 3.63) is 36.4 Å². The molecule has 1 aromatic heterocycles. The van der Waals surface area contributed by atoms with Gasteiger partial charge in [0.25, 0.3) is 0 Å². The van der Waals surface area contributed by atoms with Gasteiger partial charge in [-0.1, -0.05) is 0 Å². The monoisotopic (exact) mass is 293 g/mol. The van der Waals surface area contributed by atoms with E-state index in [0.29, 0.717) is 10.5 Å². The fourth-order valence-corrected chi connectivity index (χ4v) is 1.51. The van der Waals surface area contributed by atoms with E-state index in [1.54, 1.807) is 19.1 Å². The van der Waals surface area contributed by atoms with Gasteiger partial charge in [-0.3, -0.25) is 0 Å². The molecule has 1 atom stereocenters. The summed E-state index contributed by atoms with van der Waals surface area (Å²) in [5, 5.41) is 27.9. The number of carbonyl (C=O) groups excluding carboxylic acids is 1. The number of rotatable bonds is 5. The number of nitrogens with zero attached hydrogens (tertiary/aromatic N) is 1. The molecule has 0 aliphatic carbocycles. The number of aromatic hydroxyl groups is 3. The number of carbonyl (C=O) groups is 1. The molecule has 112 valence electrons. The maximum absolute atomic E-state index is 11.8. The average Bonchev–Trinajstić information content (AvgIpc) is 2.78. The minimum absolute atomic E-state index is 0.0480. The average molecular weight is 293 g/mol. The first kappa shape index (κ1) is 14.6. The van der Waals surface area contributed by atoms with E-state index in [0.717, 1.165) is 0 Å². The summed E-state index contributed by atoms with van der Waals surface area (Å²) in [5.41, 5.74) is 0. The summed E-state index contributed by atoms with van der Waals surface area (Å²) in [6.07, 6.45) is 0. The zero-order chi connectivity index (χ0) is 15.4. The maximum atomic E-state index is 11.8. The number of hydrogen-bond acceptors (Lipinski definition) is 6. The van der Waals surface area contributed by atoms with Crippen LogP contribution in [0.15, 0.2) is 36.4 Å². The third kappa shape index (κ3) is 3.59. The summed E-state index contributed by atoms with van der Waals surface area (Å²) in [5.74, 6) is -1.44. The van der Waals surface area contributed by atoms with Crippen LogP contribution >= 0.6 is 0 Å². The van der Waals surface area contributed by atoms with Crippen molar-refractivity contribution in [2.24, 2.45) is 5.92 Å². The lowest BCUT2D eigenvalue weighted by Gasteiger charge is -2.13. The summed E-state index contributed by atoms with van der Waals surface area (Å²) >= 11 is 0. The normalized spacial score (nSPS) is 11.9. The molecule has 0 bridgehead atoms. The van der Waals surface area contributed by atoms with Crippen LogP contribution in [0.25, 0.3) is 0 Å². The van der Waals surface area contributed by atoms with Crippen LogP contribution in [0.3, 0.4) is 0 Å². The van der Waals surface area contributed by atoms with Crippen molar-refractivity contribution in [1.29, 1.82) is 0 Å². The molecule has 0 aliphatic heterocycles. The zero-order valence-electron chi connectivity index (χ0n) is 11.3. The highest BCUT2D eigenvalue weighted by Gasteiger charge is 2.19. The van der Waals surface area contributed by atoms with Gasteiger partial charge in [0.1, 0.15) is 18.1 Å². The number of benzene rings is 1.